The normalized spacial score (nSPS) is 14.3. The SMILES string of the molecule is COc1cc(/C=C2/SC(=O)N(CC(=O)Nc3ccc(C(C)C)cc3)C2=O)ccc1OCc1ccc(C)cc1. The number of benzene rings is 3. The molecule has 0 spiro atoms. The first kappa shape index (κ1) is 27.0. The quantitative estimate of drug-likeness (QED) is 0.323. The fourth-order valence-electron chi connectivity index (χ4n) is 3.82. The van der Waals surface area contributed by atoms with E-state index >= 15 is 0 Å². The molecule has 0 saturated carbocycles. The van der Waals surface area contributed by atoms with Gasteiger partial charge in [-0.1, -0.05) is 61.9 Å². The van der Waals surface area contributed by atoms with E-state index in [1.807, 2.05) is 55.5 Å². The minimum Gasteiger partial charge on any atom is -0.493 e. The van der Waals surface area contributed by atoms with Gasteiger partial charge in [0.15, 0.2) is 11.5 Å². The summed E-state index contributed by atoms with van der Waals surface area (Å²) in [5.41, 5.74) is 4.65. The largest absolute Gasteiger partial charge is 0.493 e. The van der Waals surface area contributed by atoms with Crippen LogP contribution in [0.4, 0.5) is 10.5 Å². The number of carbonyl (C=O) groups excluding carboxylic acids is 3. The number of thioether (sulfide) groups is 1. The Morgan fingerprint density at radius 2 is 1.71 bits per heavy atom. The lowest BCUT2D eigenvalue weighted by atomic mass is 10.0. The number of ether oxygens (including phenoxy) is 2. The molecule has 8 heteroatoms. The number of carbonyl (C=O) groups is 3. The zero-order chi connectivity index (χ0) is 27.2. The van der Waals surface area contributed by atoms with Crippen LogP contribution >= 0.6 is 11.8 Å². The van der Waals surface area contributed by atoms with Gasteiger partial charge in [0.2, 0.25) is 5.91 Å². The molecule has 1 saturated heterocycles. The number of hydrogen-bond acceptors (Lipinski definition) is 6. The molecule has 3 aromatic carbocycles. The Morgan fingerprint density at radius 1 is 1.00 bits per heavy atom. The number of nitrogens with one attached hydrogen (secondary N) is 1. The summed E-state index contributed by atoms with van der Waals surface area (Å²) in [5, 5.41) is 2.25. The summed E-state index contributed by atoms with van der Waals surface area (Å²) in [7, 11) is 1.54. The van der Waals surface area contributed by atoms with Gasteiger partial charge in [-0.3, -0.25) is 19.3 Å². The lowest BCUT2D eigenvalue weighted by Gasteiger charge is -2.13. The van der Waals surface area contributed by atoms with Crippen molar-refractivity contribution in [3.05, 3.63) is 93.9 Å². The second kappa shape index (κ2) is 12.0. The number of anilines is 1. The summed E-state index contributed by atoms with van der Waals surface area (Å²) in [6, 6.07) is 20.9. The molecule has 3 amide bonds. The van der Waals surface area contributed by atoms with Crippen LogP contribution in [0.5, 0.6) is 11.5 Å². The number of aryl methyl sites for hydroxylation is 1. The van der Waals surface area contributed by atoms with E-state index in [1.54, 1.807) is 31.4 Å². The molecule has 0 atom stereocenters. The van der Waals surface area contributed by atoms with Crippen molar-refractivity contribution in [2.75, 3.05) is 19.0 Å². The van der Waals surface area contributed by atoms with E-state index in [0.717, 1.165) is 27.8 Å². The van der Waals surface area contributed by atoms with Gasteiger partial charge < -0.3 is 14.8 Å². The molecule has 1 N–H and O–H groups in total. The molecule has 1 aliphatic rings. The summed E-state index contributed by atoms with van der Waals surface area (Å²) >= 11 is 0.803. The first-order chi connectivity index (χ1) is 18.2. The monoisotopic (exact) mass is 530 g/mol. The average Bonchev–Trinajstić information content (AvgIpc) is 3.16. The highest BCUT2D eigenvalue weighted by Gasteiger charge is 2.36. The number of nitrogens with zero attached hydrogens (tertiary/aromatic N) is 1. The Hall–Kier alpha value is -4.04. The highest BCUT2D eigenvalue weighted by Crippen LogP contribution is 2.35. The molecule has 3 aromatic rings. The van der Waals surface area contributed by atoms with Crippen molar-refractivity contribution < 1.29 is 23.9 Å². The van der Waals surface area contributed by atoms with Crippen LogP contribution < -0.4 is 14.8 Å². The third-order valence-electron chi connectivity index (χ3n) is 6.04. The number of hydrogen-bond donors (Lipinski definition) is 1. The molecule has 0 aromatic heterocycles. The van der Waals surface area contributed by atoms with Gasteiger partial charge in [-0.15, -0.1) is 0 Å². The molecule has 1 aliphatic heterocycles. The smallest absolute Gasteiger partial charge is 0.294 e. The number of methoxy groups -OCH3 is 1. The van der Waals surface area contributed by atoms with Gasteiger partial charge in [-0.2, -0.15) is 0 Å². The summed E-state index contributed by atoms with van der Waals surface area (Å²) in [6.07, 6.45) is 1.61. The van der Waals surface area contributed by atoms with Crippen molar-refractivity contribution >= 4 is 40.6 Å². The van der Waals surface area contributed by atoms with Gasteiger partial charge in [0, 0.05) is 5.69 Å². The molecule has 38 heavy (non-hydrogen) atoms. The summed E-state index contributed by atoms with van der Waals surface area (Å²) < 4.78 is 11.4. The molecule has 1 heterocycles. The third kappa shape index (κ3) is 6.63. The minimum atomic E-state index is -0.510. The van der Waals surface area contributed by atoms with Crippen LogP contribution in [-0.4, -0.2) is 35.6 Å². The Morgan fingerprint density at radius 3 is 2.37 bits per heavy atom. The van der Waals surface area contributed by atoms with Crippen molar-refractivity contribution in [3.63, 3.8) is 0 Å². The predicted octanol–water partition coefficient (Wildman–Crippen LogP) is 6.38. The third-order valence-corrected chi connectivity index (χ3v) is 6.94. The Balaban J connectivity index is 1.40. The van der Waals surface area contributed by atoms with E-state index in [9.17, 15) is 14.4 Å². The Labute approximate surface area is 226 Å². The maximum atomic E-state index is 12.9. The van der Waals surface area contributed by atoms with E-state index in [-0.39, 0.29) is 11.4 Å². The van der Waals surface area contributed by atoms with Crippen LogP contribution in [-0.2, 0) is 16.2 Å². The molecular weight excluding hydrogens is 500 g/mol. The standard InChI is InChI=1S/C30H30N2O5S/c1-19(2)23-10-12-24(13-11-23)31-28(33)17-32-29(34)27(38-30(32)35)16-22-9-14-25(26(15-22)36-4)37-18-21-7-5-20(3)6-8-21/h5-16,19H,17-18H2,1-4H3,(H,31,33)/b27-16+. The first-order valence-corrected chi connectivity index (χ1v) is 13.1. The molecule has 0 radical (unpaired) electrons. The molecule has 0 unspecified atom stereocenters. The van der Waals surface area contributed by atoms with E-state index in [2.05, 4.69) is 19.2 Å². The zero-order valence-corrected chi connectivity index (χ0v) is 22.6. The molecule has 196 valence electrons. The van der Waals surface area contributed by atoms with Gasteiger partial charge in [-0.25, -0.2) is 0 Å². The second-order valence-corrected chi connectivity index (χ2v) is 10.3. The molecule has 0 bridgehead atoms. The van der Waals surface area contributed by atoms with Crippen molar-refractivity contribution in [2.45, 2.75) is 33.3 Å². The average molecular weight is 531 g/mol. The molecule has 4 rings (SSSR count). The van der Waals surface area contributed by atoms with Crippen LogP contribution in [0.2, 0.25) is 0 Å². The zero-order valence-electron chi connectivity index (χ0n) is 21.8. The fraction of sp³-hybridized carbons (Fsp3) is 0.233. The van der Waals surface area contributed by atoms with Crippen LogP contribution in [0.25, 0.3) is 6.08 Å². The van der Waals surface area contributed by atoms with E-state index < -0.39 is 17.1 Å². The van der Waals surface area contributed by atoms with Crippen LogP contribution in [0, 0.1) is 6.92 Å². The molecular formula is C30H30N2O5S. The van der Waals surface area contributed by atoms with Crippen molar-refractivity contribution in [1.82, 2.24) is 4.90 Å². The van der Waals surface area contributed by atoms with Gasteiger partial charge in [-0.05, 0) is 71.6 Å². The summed E-state index contributed by atoms with van der Waals surface area (Å²) in [4.78, 5) is 39.1. The topological polar surface area (TPSA) is 84.9 Å². The summed E-state index contributed by atoms with van der Waals surface area (Å²) in [6.45, 7) is 6.24. The predicted molar refractivity (Wildman–Crippen MR) is 150 cm³/mol. The lowest BCUT2D eigenvalue weighted by Crippen LogP contribution is -2.36. The van der Waals surface area contributed by atoms with E-state index in [4.69, 9.17) is 9.47 Å². The fourth-order valence-corrected chi connectivity index (χ4v) is 4.66. The van der Waals surface area contributed by atoms with Crippen molar-refractivity contribution in [3.8, 4) is 11.5 Å². The highest BCUT2D eigenvalue weighted by molar-refractivity contribution is 8.18. The first-order valence-electron chi connectivity index (χ1n) is 12.2. The van der Waals surface area contributed by atoms with Crippen molar-refractivity contribution in [1.29, 1.82) is 0 Å². The van der Waals surface area contributed by atoms with Gasteiger partial charge in [0.25, 0.3) is 11.1 Å². The van der Waals surface area contributed by atoms with Gasteiger partial charge >= 0.3 is 0 Å². The Bertz CT molecular complexity index is 1360. The van der Waals surface area contributed by atoms with Crippen LogP contribution in [0.3, 0.4) is 0 Å². The second-order valence-electron chi connectivity index (χ2n) is 9.28. The summed E-state index contributed by atoms with van der Waals surface area (Å²) in [5.74, 6) is 0.500. The molecule has 1 fully saturated rings. The van der Waals surface area contributed by atoms with E-state index in [0.29, 0.717) is 35.3 Å². The van der Waals surface area contributed by atoms with Crippen LogP contribution in [0.15, 0.2) is 71.6 Å². The maximum absolute atomic E-state index is 12.9. The van der Waals surface area contributed by atoms with Crippen LogP contribution in [0.1, 0.15) is 42.0 Å². The van der Waals surface area contributed by atoms with Crippen molar-refractivity contribution in [2.24, 2.45) is 0 Å². The Kier molecular flexibility index (Phi) is 8.53. The van der Waals surface area contributed by atoms with E-state index in [1.165, 1.54) is 5.56 Å². The number of imide groups is 1. The number of amides is 3. The number of rotatable bonds is 9. The molecule has 0 aliphatic carbocycles. The molecule has 7 nitrogen and oxygen atoms in total. The van der Waals surface area contributed by atoms with Gasteiger partial charge in [0.1, 0.15) is 13.2 Å². The minimum absolute atomic E-state index is 0.236. The highest BCUT2D eigenvalue weighted by atomic mass is 32.2. The lowest BCUT2D eigenvalue weighted by molar-refractivity contribution is -0.127. The maximum Gasteiger partial charge on any atom is 0.294 e. The van der Waals surface area contributed by atoms with Gasteiger partial charge in [0.05, 0.1) is 12.0 Å².